The fourth-order valence-corrected chi connectivity index (χ4v) is 3.33. The van der Waals surface area contributed by atoms with E-state index in [1.54, 1.807) is 30.3 Å². The first-order valence-electron chi connectivity index (χ1n) is 9.59. The molecule has 2 aromatic carbocycles. The normalized spacial score (nSPS) is 17.4. The number of amides is 2. The van der Waals surface area contributed by atoms with Crippen LogP contribution in [0.2, 0.25) is 5.02 Å². The van der Waals surface area contributed by atoms with Gasteiger partial charge in [0.15, 0.2) is 6.10 Å². The summed E-state index contributed by atoms with van der Waals surface area (Å²) in [6.45, 7) is 6.52. The summed E-state index contributed by atoms with van der Waals surface area (Å²) >= 11 is 5.88. The minimum atomic E-state index is -0.482. The highest BCUT2D eigenvalue weighted by atomic mass is 35.5. The van der Waals surface area contributed by atoms with Gasteiger partial charge in [0, 0.05) is 34.4 Å². The zero-order valence-corrected chi connectivity index (χ0v) is 17.1. The lowest BCUT2D eigenvalue weighted by molar-refractivity contribution is -0.140. The predicted octanol–water partition coefficient (Wildman–Crippen LogP) is 4.89. The van der Waals surface area contributed by atoms with E-state index in [2.05, 4.69) is 12.2 Å². The van der Waals surface area contributed by atoms with Gasteiger partial charge in [-0.3, -0.25) is 9.59 Å². The lowest BCUT2D eigenvalue weighted by Gasteiger charge is -2.28. The molecule has 1 aliphatic rings. The van der Waals surface area contributed by atoms with Gasteiger partial charge < -0.3 is 15.0 Å². The Morgan fingerprint density at radius 3 is 2.61 bits per heavy atom. The molecule has 3 rings (SSSR count). The van der Waals surface area contributed by atoms with Crippen molar-refractivity contribution in [2.24, 2.45) is 0 Å². The van der Waals surface area contributed by atoms with Crippen LogP contribution in [0.1, 0.15) is 49.5 Å². The lowest BCUT2D eigenvalue weighted by atomic mass is 10.1. The Morgan fingerprint density at radius 2 is 1.96 bits per heavy atom. The second kappa shape index (κ2) is 8.65. The summed E-state index contributed by atoms with van der Waals surface area (Å²) in [6, 6.07) is 12.3. The Kier molecular flexibility index (Phi) is 6.25. The molecule has 0 saturated heterocycles. The Balaban J connectivity index is 1.86. The third-order valence-electron chi connectivity index (χ3n) is 5.09. The van der Waals surface area contributed by atoms with Crippen LogP contribution in [0.4, 0.5) is 5.69 Å². The highest BCUT2D eigenvalue weighted by Crippen LogP contribution is 2.30. The molecule has 2 atom stereocenters. The smallest absolute Gasteiger partial charge is 0.264 e. The quantitative estimate of drug-likeness (QED) is 0.777. The maximum Gasteiger partial charge on any atom is 0.264 e. The molecule has 6 heteroatoms. The van der Waals surface area contributed by atoms with Crippen LogP contribution in [-0.4, -0.2) is 28.9 Å². The van der Waals surface area contributed by atoms with Crippen molar-refractivity contribution in [3.63, 3.8) is 0 Å². The van der Waals surface area contributed by atoms with E-state index in [0.29, 0.717) is 35.0 Å². The van der Waals surface area contributed by atoms with E-state index in [-0.39, 0.29) is 17.9 Å². The van der Waals surface area contributed by atoms with Crippen molar-refractivity contribution in [1.29, 1.82) is 0 Å². The van der Waals surface area contributed by atoms with E-state index in [9.17, 15) is 9.59 Å². The molecule has 2 amide bonds. The standard InChI is InChI=1S/C22H25ClN2O3/c1-4-14(3)25-13-16-12-18(10-11-20(16)28-19(5-2)22(25)27)24-21(26)15-6-8-17(23)9-7-15/h6-12,14,19H,4-5,13H2,1-3H3,(H,24,26). The first-order chi connectivity index (χ1) is 13.4. The molecule has 0 radical (unpaired) electrons. The summed E-state index contributed by atoms with van der Waals surface area (Å²) in [5.74, 6) is 0.489. The van der Waals surface area contributed by atoms with Gasteiger partial charge in [-0.15, -0.1) is 0 Å². The summed E-state index contributed by atoms with van der Waals surface area (Å²) in [5, 5.41) is 3.48. The van der Waals surface area contributed by atoms with E-state index in [0.717, 1.165) is 12.0 Å². The van der Waals surface area contributed by atoms with Crippen LogP contribution < -0.4 is 10.1 Å². The van der Waals surface area contributed by atoms with Crippen LogP contribution in [0, 0.1) is 0 Å². The molecule has 28 heavy (non-hydrogen) atoms. The molecule has 1 heterocycles. The number of nitrogens with one attached hydrogen (secondary N) is 1. The van der Waals surface area contributed by atoms with Crippen molar-refractivity contribution in [1.82, 2.24) is 4.90 Å². The molecular weight excluding hydrogens is 376 g/mol. The fourth-order valence-electron chi connectivity index (χ4n) is 3.20. The second-order valence-electron chi connectivity index (χ2n) is 7.02. The number of hydrogen-bond acceptors (Lipinski definition) is 3. The molecule has 2 aromatic rings. The Labute approximate surface area is 170 Å². The fraction of sp³-hybridized carbons (Fsp3) is 0.364. The first-order valence-corrected chi connectivity index (χ1v) is 9.97. The summed E-state index contributed by atoms with van der Waals surface area (Å²) in [5.41, 5.74) is 2.07. The summed E-state index contributed by atoms with van der Waals surface area (Å²) in [6.07, 6.45) is 0.995. The first kappa shape index (κ1) is 20.2. The average Bonchev–Trinajstić information content (AvgIpc) is 2.84. The van der Waals surface area contributed by atoms with Crippen molar-refractivity contribution < 1.29 is 14.3 Å². The summed E-state index contributed by atoms with van der Waals surface area (Å²) < 4.78 is 5.98. The van der Waals surface area contributed by atoms with Gasteiger partial charge in [-0.1, -0.05) is 25.4 Å². The molecule has 0 bridgehead atoms. The highest BCUT2D eigenvalue weighted by molar-refractivity contribution is 6.30. The number of ether oxygens (including phenoxy) is 1. The number of carbonyl (C=O) groups is 2. The number of fused-ring (bicyclic) bond motifs is 1. The summed E-state index contributed by atoms with van der Waals surface area (Å²) in [7, 11) is 0. The predicted molar refractivity (Wildman–Crippen MR) is 111 cm³/mol. The van der Waals surface area contributed by atoms with Gasteiger partial charge in [0.2, 0.25) is 0 Å². The van der Waals surface area contributed by atoms with Crippen molar-refractivity contribution in [3.8, 4) is 5.75 Å². The number of halogens is 1. The zero-order valence-electron chi connectivity index (χ0n) is 16.4. The van der Waals surface area contributed by atoms with E-state index >= 15 is 0 Å². The van der Waals surface area contributed by atoms with E-state index in [1.807, 2.05) is 30.9 Å². The van der Waals surface area contributed by atoms with E-state index in [1.165, 1.54) is 0 Å². The lowest BCUT2D eigenvalue weighted by Crippen LogP contribution is -2.43. The Morgan fingerprint density at radius 1 is 1.25 bits per heavy atom. The molecule has 2 unspecified atom stereocenters. The third-order valence-corrected chi connectivity index (χ3v) is 5.34. The van der Waals surface area contributed by atoms with E-state index < -0.39 is 6.10 Å². The maximum absolute atomic E-state index is 12.8. The second-order valence-corrected chi connectivity index (χ2v) is 7.46. The SMILES string of the molecule is CCC1Oc2ccc(NC(=O)c3ccc(Cl)cc3)cc2CN(C(C)CC)C1=O. The molecule has 148 valence electrons. The van der Waals surface area contributed by atoms with Crippen LogP contribution >= 0.6 is 11.6 Å². The number of hydrogen-bond donors (Lipinski definition) is 1. The molecule has 1 N–H and O–H groups in total. The van der Waals surface area contributed by atoms with Crippen molar-refractivity contribution in [3.05, 3.63) is 58.6 Å². The minimum Gasteiger partial charge on any atom is -0.480 e. The van der Waals surface area contributed by atoms with Crippen molar-refractivity contribution >= 4 is 29.1 Å². The number of carbonyl (C=O) groups excluding carboxylic acids is 2. The highest BCUT2D eigenvalue weighted by Gasteiger charge is 2.32. The van der Waals surface area contributed by atoms with Gasteiger partial charge >= 0.3 is 0 Å². The molecule has 0 aliphatic carbocycles. The number of nitrogens with zero attached hydrogens (tertiary/aromatic N) is 1. The van der Waals surface area contributed by atoms with Gasteiger partial charge in [0.05, 0.1) is 0 Å². The molecule has 5 nitrogen and oxygen atoms in total. The minimum absolute atomic E-state index is 0.0137. The topological polar surface area (TPSA) is 58.6 Å². The van der Waals surface area contributed by atoms with Crippen LogP contribution in [-0.2, 0) is 11.3 Å². The summed E-state index contributed by atoms with van der Waals surface area (Å²) in [4.78, 5) is 27.2. The Hall–Kier alpha value is -2.53. The van der Waals surface area contributed by atoms with Gasteiger partial charge in [-0.05, 0) is 62.2 Å². The van der Waals surface area contributed by atoms with Crippen LogP contribution in [0.15, 0.2) is 42.5 Å². The molecule has 0 aromatic heterocycles. The van der Waals surface area contributed by atoms with Gasteiger partial charge in [0.25, 0.3) is 11.8 Å². The van der Waals surface area contributed by atoms with Crippen molar-refractivity contribution in [2.75, 3.05) is 5.32 Å². The number of benzene rings is 2. The Bertz CT molecular complexity index is 867. The number of rotatable bonds is 5. The van der Waals surface area contributed by atoms with Gasteiger partial charge in [-0.2, -0.15) is 0 Å². The zero-order chi connectivity index (χ0) is 20.3. The molecule has 0 spiro atoms. The third kappa shape index (κ3) is 4.30. The van der Waals surface area contributed by atoms with Gasteiger partial charge in [-0.25, -0.2) is 0 Å². The van der Waals surface area contributed by atoms with Crippen LogP contribution in [0.5, 0.6) is 5.75 Å². The largest absolute Gasteiger partial charge is 0.480 e. The maximum atomic E-state index is 12.8. The van der Waals surface area contributed by atoms with Crippen LogP contribution in [0.3, 0.4) is 0 Å². The molecule has 1 aliphatic heterocycles. The number of anilines is 1. The van der Waals surface area contributed by atoms with Crippen molar-refractivity contribution in [2.45, 2.75) is 52.3 Å². The van der Waals surface area contributed by atoms with Crippen LogP contribution in [0.25, 0.3) is 0 Å². The van der Waals surface area contributed by atoms with Gasteiger partial charge in [0.1, 0.15) is 5.75 Å². The average molecular weight is 401 g/mol. The molecular formula is C22H25ClN2O3. The molecule has 0 fully saturated rings. The van der Waals surface area contributed by atoms with E-state index in [4.69, 9.17) is 16.3 Å². The molecule has 0 saturated carbocycles. The monoisotopic (exact) mass is 400 g/mol.